The number of nitrogens with one attached hydrogen (secondary N) is 1. The highest BCUT2D eigenvalue weighted by atomic mass is 32.2. The number of likely N-dealkylation sites (tertiary alicyclic amines) is 1. The van der Waals surface area contributed by atoms with Crippen molar-refractivity contribution in [3.8, 4) is 11.1 Å². The summed E-state index contributed by atoms with van der Waals surface area (Å²) in [5.74, 6) is -0.246. The molecule has 138 valence electrons. The second-order valence-electron chi connectivity index (χ2n) is 6.28. The Bertz CT molecular complexity index is 914. The molecule has 1 amide bonds. The van der Waals surface area contributed by atoms with Gasteiger partial charge >= 0.3 is 0 Å². The maximum absolute atomic E-state index is 13.1. The molecule has 0 spiro atoms. The smallest absolute Gasteiger partial charge is 0.245 e. The number of sulfonamides is 1. The van der Waals surface area contributed by atoms with E-state index in [2.05, 4.69) is 16.4 Å². The van der Waals surface area contributed by atoms with Crippen molar-refractivity contribution in [2.24, 2.45) is 7.05 Å². The van der Waals surface area contributed by atoms with Crippen molar-refractivity contribution in [3.63, 3.8) is 0 Å². The van der Waals surface area contributed by atoms with Gasteiger partial charge in [0.2, 0.25) is 15.9 Å². The average Bonchev–Trinajstić information content (AvgIpc) is 3.31. The van der Waals surface area contributed by atoms with Crippen LogP contribution in [0.2, 0.25) is 0 Å². The average molecular weight is 374 g/mol. The van der Waals surface area contributed by atoms with Gasteiger partial charge in [0.05, 0.1) is 6.20 Å². The first-order valence-electron chi connectivity index (χ1n) is 8.43. The van der Waals surface area contributed by atoms with Gasteiger partial charge in [0.15, 0.2) is 0 Å². The minimum Gasteiger partial charge on any atom is -0.341 e. The van der Waals surface area contributed by atoms with Gasteiger partial charge in [0.1, 0.15) is 6.04 Å². The molecule has 1 N–H and O–H groups in total. The molecule has 26 heavy (non-hydrogen) atoms. The third-order valence-corrected chi connectivity index (χ3v) is 5.46. The molecule has 7 nitrogen and oxygen atoms in total. The summed E-state index contributed by atoms with van der Waals surface area (Å²) < 4.78 is 28.4. The number of rotatable bonds is 6. The number of hydrogen-bond donors (Lipinski definition) is 1. The zero-order chi connectivity index (χ0) is 18.7. The second kappa shape index (κ2) is 7.43. The summed E-state index contributed by atoms with van der Waals surface area (Å²) in [4.78, 5) is 14.8. The fourth-order valence-electron chi connectivity index (χ4n) is 3.15. The van der Waals surface area contributed by atoms with E-state index in [1.165, 1.54) is 0 Å². The summed E-state index contributed by atoms with van der Waals surface area (Å²) in [7, 11) is -1.98. The van der Waals surface area contributed by atoms with Gasteiger partial charge in [-0.15, -0.1) is 0 Å². The lowest BCUT2D eigenvalue weighted by Gasteiger charge is -2.25. The first-order chi connectivity index (χ1) is 12.4. The maximum atomic E-state index is 13.1. The largest absolute Gasteiger partial charge is 0.341 e. The first kappa shape index (κ1) is 18.3. The van der Waals surface area contributed by atoms with E-state index in [0.29, 0.717) is 18.7 Å². The number of nitrogens with zero attached hydrogens (tertiary/aromatic N) is 3. The van der Waals surface area contributed by atoms with Crippen LogP contribution in [0.3, 0.4) is 0 Å². The normalized spacial score (nSPS) is 15.8. The Balaban J connectivity index is 2.07. The third-order valence-electron chi connectivity index (χ3n) is 4.45. The SMILES string of the molecule is C=CS(=O)(=O)NC(C(=O)N1CCCC1)c1ccccc1-c1cnn(C)c1. The molecule has 1 aromatic carbocycles. The monoisotopic (exact) mass is 374 g/mol. The van der Waals surface area contributed by atoms with Gasteiger partial charge in [-0.2, -0.15) is 9.82 Å². The highest BCUT2D eigenvalue weighted by Crippen LogP contribution is 2.30. The molecule has 2 aromatic rings. The predicted molar refractivity (Wildman–Crippen MR) is 99.5 cm³/mol. The van der Waals surface area contributed by atoms with Crippen LogP contribution in [0.5, 0.6) is 0 Å². The van der Waals surface area contributed by atoms with E-state index >= 15 is 0 Å². The summed E-state index contributed by atoms with van der Waals surface area (Å²) in [5.41, 5.74) is 2.19. The maximum Gasteiger partial charge on any atom is 0.245 e. The Hall–Kier alpha value is -2.45. The van der Waals surface area contributed by atoms with Crippen molar-refractivity contribution in [2.45, 2.75) is 18.9 Å². The summed E-state index contributed by atoms with van der Waals surface area (Å²) >= 11 is 0. The molecule has 1 atom stereocenters. The van der Waals surface area contributed by atoms with Crippen molar-refractivity contribution < 1.29 is 13.2 Å². The number of aryl methyl sites for hydroxylation is 1. The number of carbonyl (C=O) groups is 1. The molecule has 0 bridgehead atoms. The minimum absolute atomic E-state index is 0.246. The molecular formula is C18H22N4O3S. The lowest BCUT2D eigenvalue weighted by atomic mass is 9.96. The number of carbonyl (C=O) groups excluding carboxylic acids is 1. The molecule has 1 aliphatic rings. The summed E-state index contributed by atoms with van der Waals surface area (Å²) in [6, 6.07) is 6.27. The highest BCUT2D eigenvalue weighted by Gasteiger charge is 2.32. The van der Waals surface area contributed by atoms with E-state index in [9.17, 15) is 13.2 Å². The van der Waals surface area contributed by atoms with Crippen molar-refractivity contribution in [1.82, 2.24) is 19.4 Å². The number of amides is 1. The third kappa shape index (κ3) is 3.86. The topological polar surface area (TPSA) is 84.3 Å². The Morgan fingerprint density at radius 2 is 2.00 bits per heavy atom. The minimum atomic E-state index is -3.79. The lowest BCUT2D eigenvalue weighted by Crippen LogP contribution is -2.41. The summed E-state index contributed by atoms with van der Waals surface area (Å²) in [5, 5.41) is 5.00. The van der Waals surface area contributed by atoms with Gasteiger partial charge in [0.25, 0.3) is 0 Å². The molecule has 1 unspecified atom stereocenters. The summed E-state index contributed by atoms with van der Waals surface area (Å²) in [6.07, 6.45) is 5.38. The van der Waals surface area contributed by atoms with Gasteiger partial charge in [-0.3, -0.25) is 9.48 Å². The fourth-order valence-corrected chi connectivity index (χ4v) is 3.80. The number of aromatic nitrogens is 2. The molecular weight excluding hydrogens is 352 g/mol. The van der Waals surface area contributed by atoms with Crippen LogP contribution in [0, 0.1) is 0 Å². The Labute approximate surface area is 153 Å². The quantitative estimate of drug-likeness (QED) is 0.836. The van der Waals surface area contributed by atoms with Crippen LogP contribution in [0.25, 0.3) is 11.1 Å². The van der Waals surface area contributed by atoms with Gasteiger partial charge in [0, 0.05) is 37.3 Å². The predicted octanol–water partition coefficient (Wildman–Crippen LogP) is 1.81. The molecule has 2 heterocycles. The van der Waals surface area contributed by atoms with Crippen LogP contribution in [0.4, 0.5) is 0 Å². The van der Waals surface area contributed by atoms with Crippen molar-refractivity contribution in [1.29, 1.82) is 0 Å². The van der Waals surface area contributed by atoms with Crippen LogP contribution in [-0.2, 0) is 21.9 Å². The molecule has 0 radical (unpaired) electrons. The number of benzene rings is 1. The zero-order valence-corrected chi connectivity index (χ0v) is 15.4. The molecule has 0 saturated carbocycles. The van der Waals surface area contributed by atoms with Crippen LogP contribution < -0.4 is 4.72 Å². The molecule has 1 saturated heterocycles. The van der Waals surface area contributed by atoms with Crippen LogP contribution in [0.15, 0.2) is 48.6 Å². The molecule has 1 fully saturated rings. The molecule has 1 aromatic heterocycles. The van der Waals surface area contributed by atoms with E-state index in [1.807, 2.05) is 18.3 Å². The first-order valence-corrected chi connectivity index (χ1v) is 9.97. The molecule has 8 heteroatoms. The molecule has 1 aliphatic heterocycles. The van der Waals surface area contributed by atoms with Gasteiger partial charge < -0.3 is 4.90 Å². The molecule has 3 rings (SSSR count). The van der Waals surface area contributed by atoms with E-state index in [1.54, 1.807) is 35.0 Å². The Morgan fingerprint density at radius 3 is 2.62 bits per heavy atom. The van der Waals surface area contributed by atoms with Crippen LogP contribution in [0.1, 0.15) is 24.4 Å². The number of hydrogen-bond acceptors (Lipinski definition) is 4. The zero-order valence-electron chi connectivity index (χ0n) is 14.6. The van der Waals surface area contributed by atoms with E-state index in [0.717, 1.165) is 29.4 Å². The van der Waals surface area contributed by atoms with E-state index in [-0.39, 0.29) is 5.91 Å². The standard InChI is InChI=1S/C18H22N4O3S/c1-3-26(24,25)20-17(18(23)22-10-6-7-11-22)16-9-5-4-8-15(16)14-12-19-21(2)13-14/h3-5,8-9,12-13,17,20H,1,6-7,10-11H2,2H3. The van der Waals surface area contributed by atoms with Crippen molar-refractivity contribution in [3.05, 3.63) is 54.2 Å². The lowest BCUT2D eigenvalue weighted by molar-refractivity contribution is -0.132. The van der Waals surface area contributed by atoms with Crippen LogP contribution >= 0.6 is 0 Å². The second-order valence-corrected chi connectivity index (χ2v) is 7.94. The van der Waals surface area contributed by atoms with Gasteiger partial charge in [-0.1, -0.05) is 30.8 Å². The fraction of sp³-hybridized carbons (Fsp3) is 0.333. The van der Waals surface area contributed by atoms with Gasteiger partial charge in [-0.25, -0.2) is 8.42 Å². The van der Waals surface area contributed by atoms with Gasteiger partial charge in [-0.05, 0) is 24.0 Å². The Morgan fingerprint density at radius 1 is 1.31 bits per heavy atom. The highest BCUT2D eigenvalue weighted by molar-refractivity contribution is 7.92. The summed E-state index contributed by atoms with van der Waals surface area (Å²) in [6.45, 7) is 4.61. The van der Waals surface area contributed by atoms with E-state index < -0.39 is 16.1 Å². The van der Waals surface area contributed by atoms with Crippen molar-refractivity contribution >= 4 is 15.9 Å². The van der Waals surface area contributed by atoms with E-state index in [4.69, 9.17) is 0 Å². The molecule has 0 aliphatic carbocycles. The van der Waals surface area contributed by atoms with Crippen LogP contribution in [-0.4, -0.2) is 42.1 Å². The van der Waals surface area contributed by atoms with Crippen molar-refractivity contribution in [2.75, 3.05) is 13.1 Å². The Kier molecular flexibility index (Phi) is 5.24.